The molecule has 0 amide bonds. The van der Waals surface area contributed by atoms with E-state index in [0.717, 1.165) is 54.7 Å². The third-order valence-electron chi connectivity index (χ3n) is 4.81. The predicted octanol–water partition coefficient (Wildman–Crippen LogP) is 4.64. The number of halogens is 1. The molecule has 4 rings (SSSR count). The van der Waals surface area contributed by atoms with Gasteiger partial charge in [-0.2, -0.15) is 0 Å². The second kappa shape index (κ2) is 8.82. The molecule has 1 aromatic heterocycles. The van der Waals surface area contributed by atoms with Crippen LogP contribution in [0.3, 0.4) is 0 Å². The van der Waals surface area contributed by atoms with Gasteiger partial charge in [0.15, 0.2) is 0 Å². The number of ether oxygens (including phenoxy) is 2. The number of hydrogen-bond acceptors (Lipinski definition) is 5. The molecule has 1 aliphatic heterocycles. The van der Waals surface area contributed by atoms with Crippen molar-refractivity contribution in [1.29, 1.82) is 0 Å². The van der Waals surface area contributed by atoms with E-state index in [1.807, 2.05) is 37.3 Å². The highest BCUT2D eigenvalue weighted by molar-refractivity contribution is 7.15. The number of aromatic nitrogens is 1. The van der Waals surface area contributed by atoms with Gasteiger partial charge in [0.25, 0.3) is 0 Å². The molecule has 1 aliphatic rings. The van der Waals surface area contributed by atoms with Gasteiger partial charge in [-0.3, -0.25) is 4.90 Å². The lowest BCUT2D eigenvalue weighted by Crippen LogP contribution is -2.38. The minimum atomic E-state index is -0.244. The summed E-state index contributed by atoms with van der Waals surface area (Å²) in [7, 11) is 0. The van der Waals surface area contributed by atoms with Crippen molar-refractivity contribution in [3.8, 4) is 27.6 Å². The van der Waals surface area contributed by atoms with Crippen LogP contribution in [-0.4, -0.2) is 49.3 Å². The number of nitrogens with zero attached hydrogens (tertiary/aromatic N) is 2. The summed E-state index contributed by atoms with van der Waals surface area (Å²) in [5.41, 5.74) is 2.45. The van der Waals surface area contributed by atoms with Gasteiger partial charge < -0.3 is 9.47 Å². The molecular formula is C22H23FN2O2S. The maximum Gasteiger partial charge on any atom is 0.133 e. The van der Waals surface area contributed by atoms with Crippen LogP contribution in [0.5, 0.6) is 5.75 Å². The van der Waals surface area contributed by atoms with E-state index < -0.39 is 0 Å². The van der Waals surface area contributed by atoms with Crippen LogP contribution in [0.1, 0.15) is 4.88 Å². The van der Waals surface area contributed by atoms with E-state index in [9.17, 15) is 4.39 Å². The fourth-order valence-electron chi connectivity index (χ4n) is 3.24. The summed E-state index contributed by atoms with van der Waals surface area (Å²) in [5, 5.41) is 0.705. The minimum absolute atomic E-state index is 0.244. The molecule has 0 atom stereocenters. The first-order chi connectivity index (χ1) is 13.7. The molecule has 2 aromatic carbocycles. The summed E-state index contributed by atoms with van der Waals surface area (Å²) in [4.78, 5) is 8.10. The van der Waals surface area contributed by atoms with Crippen LogP contribution >= 0.6 is 11.3 Å². The summed E-state index contributed by atoms with van der Waals surface area (Å²) in [6.45, 7) is 7.12. The van der Waals surface area contributed by atoms with Crippen molar-refractivity contribution in [2.75, 3.05) is 39.5 Å². The van der Waals surface area contributed by atoms with Crippen molar-refractivity contribution < 1.29 is 13.9 Å². The monoisotopic (exact) mass is 398 g/mol. The topological polar surface area (TPSA) is 34.6 Å². The Morgan fingerprint density at radius 3 is 2.61 bits per heavy atom. The molecule has 3 aromatic rings. The van der Waals surface area contributed by atoms with Gasteiger partial charge in [-0.1, -0.05) is 12.1 Å². The Bertz CT molecular complexity index is 921. The Balaban J connectivity index is 1.42. The van der Waals surface area contributed by atoms with Gasteiger partial charge >= 0.3 is 0 Å². The van der Waals surface area contributed by atoms with Crippen LogP contribution < -0.4 is 4.74 Å². The largest absolute Gasteiger partial charge is 0.492 e. The first-order valence-corrected chi connectivity index (χ1v) is 10.3. The fourth-order valence-corrected chi connectivity index (χ4v) is 4.20. The molecule has 4 nitrogen and oxygen atoms in total. The summed E-state index contributed by atoms with van der Waals surface area (Å²) in [6, 6.07) is 14.7. The lowest BCUT2D eigenvalue weighted by atomic mass is 10.1. The Morgan fingerprint density at radius 2 is 1.86 bits per heavy atom. The number of hydrogen-bond donors (Lipinski definition) is 0. The Morgan fingerprint density at radius 1 is 1.11 bits per heavy atom. The van der Waals surface area contributed by atoms with Crippen LogP contribution in [0.15, 0.2) is 48.5 Å². The van der Waals surface area contributed by atoms with Gasteiger partial charge in [0.05, 0.1) is 18.9 Å². The summed E-state index contributed by atoms with van der Waals surface area (Å²) < 4.78 is 25.3. The van der Waals surface area contributed by atoms with Crippen molar-refractivity contribution in [3.63, 3.8) is 0 Å². The molecule has 1 fully saturated rings. The Kier molecular flexibility index (Phi) is 6.00. The first-order valence-electron chi connectivity index (χ1n) is 9.46. The average molecular weight is 399 g/mol. The van der Waals surface area contributed by atoms with E-state index in [4.69, 9.17) is 9.47 Å². The van der Waals surface area contributed by atoms with Crippen molar-refractivity contribution in [3.05, 3.63) is 59.2 Å². The highest BCUT2D eigenvalue weighted by atomic mass is 32.1. The van der Waals surface area contributed by atoms with Crippen LogP contribution in [0, 0.1) is 12.7 Å². The van der Waals surface area contributed by atoms with E-state index in [-0.39, 0.29) is 5.82 Å². The second-order valence-electron chi connectivity index (χ2n) is 6.73. The zero-order valence-corrected chi connectivity index (χ0v) is 16.7. The molecule has 0 radical (unpaired) electrons. The van der Waals surface area contributed by atoms with Gasteiger partial charge in [-0.25, -0.2) is 9.37 Å². The van der Waals surface area contributed by atoms with Gasteiger partial charge in [-0.05, 0) is 43.3 Å². The van der Waals surface area contributed by atoms with E-state index in [0.29, 0.717) is 17.2 Å². The maximum atomic E-state index is 14.1. The lowest BCUT2D eigenvalue weighted by Gasteiger charge is -2.26. The van der Waals surface area contributed by atoms with E-state index in [1.54, 1.807) is 12.1 Å². The van der Waals surface area contributed by atoms with E-state index in [1.165, 1.54) is 17.4 Å². The molecule has 0 aliphatic carbocycles. The molecule has 1 saturated heterocycles. The molecule has 146 valence electrons. The SMILES string of the molecule is Cc1sc(-c2ccccc2F)nc1-c1ccc(OCCN2CCOCC2)cc1. The average Bonchev–Trinajstić information content (AvgIpc) is 3.11. The number of aryl methyl sites for hydroxylation is 1. The Labute approximate surface area is 168 Å². The van der Waals surface area contributed by atoms with Gasteiger partial charge in [0.2, 0.25) is 0 Å². The summed E-state index contributed by atoms with van der Waals surface area (Å²) >= 11 is 1.51. The molecule has 0 bridgehead atoms. The highest BCUT2D eigenvalue weighted by Crippen LogP contribution is 2.34. The zero-order chi connectivity index (χ0) is 19.3. The predicted molar refractivity (Wildman–Crippen MR) is 110 cm³/mol. The minimum Gasteiger partial charge on any atom is -0.492 e. The first kappa shape index (κ1) is 19.1. The number of morpholine rings is 1. The number of thiazole rings is 1. The van der Waals surface area contributed by atoms with Gasteiger partial charge in [0.1, 0.15) is 23.2 Å². The van der Waals surface area contributed by atoms with Crippen LogP contribution in [0.4, 0.5) is 4.39 Å². The maximum absolute atomic E-state index is 14.1. The highest BCUT2D eigenvalue weighted by Gasteiger charge is 2.14. The van der Waals surface area contributed by atoms with Crippen molar-refractivity contribution in [2.45, 2.75) is 6.92 Å². The molecule has 2 heterocycles. The van der Waals surface area contributed by atoms with E-state index >= 15 is 0 Å². The molecule has 0 saturated carbocycles. The van der Waals surface area contributed by atoms with Crippen LogP contribution in [0.25, 0.3) is 21.8 Å². The van der Waals surface area contributed by atoms with Crippen LogP contribution in [0.2, 0.25) is 0 Å². The van der Waals surface area contributed by atoms with Gasteiger partial charge in [-0.15, -0.1) is 11.3 Å². The molecular weight excluding hydrogens is 375 g/mol. The zero-order valence-electron chi connectivity index (χ0n) is 15.9. The van der Waals surface area contributed by atoms with Crippen molar-refractivity contribution in [1.82, 2.24) is 9.88 Å². The molecule has 0 N–H and O–H groups in total. The van der Waals surface area contributed by atoms with Crippen LogP contribution in [-0.2, 0) is 4.74 Å². The smallest absolute Gasteiger partial charge is 0.133 e. The third kappa shape index (κ3) is 4.41. The third-order valence-corrected chi connectivity index (χ3v) is 5.81. The molecule has 28 heavy (non-hydrogen) atoms. The number of benzene rings is 2. The fraction of sp³-hybridized carbons (Fsp3) is 0.318. The standard InChI is InChI=1S/C22H23FN2O2S/c1-16-21(24-22(28-16)19-4-2-3-5-20(19)23)17-6-8-18(9-7-17)27-15-12-25-10-13-26-14-11-25/h2-9H,10-15H2,1H3. The molecule has 6 heteroatoms. The quantitative estimate of drug-likeness (QED) is 0.606. The normalized spacial score (nSPS) is 14.9. The lowest BCUT2D eigenvalue weighted by molar-refractivity contribution is 0.0322. The van der Waals surface area contributed by atoms with Crippen molar-refractivity contribution in [2.24, 2.45) is 0 Å². The van der Waals surface area contributed by atoms with Gasteiger partial charge in [0, 0.05) is 35.6 Å². The molecule has 0 spiro atoms. The molecule has 0 unspecified atom stereocenters. The Hall–Kier alpha value is -2.28. The summed E-state index contributed by atoms with van der Waals surface area (Å²) in [5.74, 6) is 0.603. The van der Waals surface area contributed by atoms with E-state index in [2.05, 4.69) is 9.88 Å². The van der Waals surface area contributed by atoms with Crippen molar-refractivity contribution >= 4 is 11.3 Å². The summed E-state index contributed by atoms with van der Waals surface area (Å²) in [6.07, 6.45) is 0. The number of rotatable bonds is 6. The second-order valence-corrected chi connectivity index (χ2v) is 7.93.